The first-order valence-corrected chi connectivity index (χ1v) is 5.33. The van der Waals surface area contributed by atoms with E-state index in [2.05, 4.69) is 0 Å². The third kappa shape index (κ3) is 1.67. The van der Waals surface area contributed by atoms with Crippen LogP contribution in [0.15, 0.2) is 0 Å². The predicted octanol–water partition coefficient (Wildman–Crippen LogP) is 1.01. The van der Waals surface area contributed by atoms with Gasteiger partial charge in [0.25, 0.3) is 0 Å². The molecule has 1 aliphatic heterocycles. The molecule has 1 saturated carbocycles. The van der Waals surface area contributed by atoms with Crippen LogP contribution in [0.5, 0.6) is 0 Å². The number of halogens is 1. The minimum absolute atomic E-state index is 0.0573. The number of carbonyl (C=O) groups excluding carboxylic acids is 1. The van der Waals surface area contributed by atoms with Crippen molar-refractivity contribution in [2.75, 3.05) is 19.0 Å². The second kappa shape index (κ2) is 3.84. The van der Waals surface area contributed by atoms with E-state index in [0.717, 1.165) is 12.8 Å². The quantitative estimate of drug-likeness (QED) is 0.596. The van der Waals surface area contributed by atoms with Crippen LogP contribution < -0.4 is 0 Å². The number of hydrogen-bond acceptors (Lipinski definition) is 2. The van der Waals surface area contributed by atoms with E-state index in [1.54, 1.807) is 0 Å². The maximum absolute atomic E-state index is 11.4. The molecular weight excluding hydrogens is 190 g/mol. The van der Waals surface area contributed by atoms with Gasteiger partial charge in [0, 0.05) is 6.54 Å². The molecule has 3 nitrogen and oxygen atoms in total. The lowest BCUT2D eigenvalue weighted by molar-refractivity contribution is -0.141. The van der Waals surface area contributed by atoms with Crippen LogP contribution in [0, 0.1) is 0 Å². The Morgan fingerprint density at radius 1 is 1.54 bits per heavy atom. The zero-order valence-electron chi connectivity index (χ0n) is 7.54. The molecule has 74 valence electrons. The summed E-state index contributed by atoms with van der Waals surface area (Å²) in [5.74, 6) is 0.158. The summed E-state index contributed by atoms with van der Waals surface area (Å²) in [5, 5.41) is 0. The molecule has 0 aromatic heterocycles. The average molecular weight is 204 g/mol. The molecule has 0 spiro atoms. The SMILES string of the molecule is O=C(CCl)N1CCO[C@H]2CCC[C@H]21. The smallest absolute Gasteiger partial charge is 0.237 e. The van der Waals surface area contributed by atoms with Crippen LogP contribution in [-0.4, -0.2) is 42.0 Å². The van der Waals surface area contributed by atoms with E-state index in [0.29, 0.717) is 19.2 Å². The fourth-order valence-electron chi connectivity index (χ4n) is 2.31. The van der Waals surface area contributed by atoms with E-state index in [-0.39, 0.29) is 17.9 Å². The molecule has 0 aromatic carbocycles. The Hall–Kier alpha value is -0.280. The Labute approximate surface area is 83.0 Å². The summed E-state index contributed by atoms with van der Waals surface area (Å²) < 4.78 is 5.59. The predicted molar refractivity (Wildman–Crippen MR) is 49.8 cm³/mol. The Balaban J connectivity index is 2.05. The van der Waals surface area contributed by atoms with E-state index in [9.17, 15) is 4.79 Å². The van der Waals surface area contributed by atoms with Gasteiger partial charge in [0.2, 0.25) is 5.91 Å². The number of fused-ring (bicyclic) bond motifs is 1. The molecule has 2 atom stereocenters. The summed E-state index contributed by atoms with van der Waals surface area (Å²) in [6.07, 6.45) is 3.62. The van der Waals surface area contributed by atoms with Gasteiger partial charge in [0.05, 0.1) is 18.8 Å². The van der Waals surface area contributed by atoms with Gasteiger partial charge in [-0.2, -0.15) is 0 Å². The van der Waals surface area contributed by atoms with Gasteiger partial charge in [0.15, 0.2) is 0 Å². The van der Waals surface area contributed by atoms with Crippen molar-refractivity contribution in [3.63, 3.8) is 0 Å². The second-order valence-corrected chi connectivity index (χ2v) is 3.90. The van der Waals surface area contributed by atoms with Crippen LogP contribution in [0.25, 0.3) is 0 Å². The Bertz CT molecular complexity index is 210. The lowest BCUT2D eigenvalue weighted by atomic mass is 10.1. The minimum atomic E-state index is 0.0573. The number of ether oxygens (including phenoxy) is 1. The van der Waals surface area contributed by atoms with Crippen molar-refractivity contribution in [1.29, 1.82) is 0 Å². The van der Waals surface area contributed by atoms with Gasteiger partial charge in [-0.3, -0.25) is 4.79 Å². The lowest BCUT2D eigenvalue weighted by Crippen LogP contribution is -2.51. The van der Waals surface area contributed by atoms with Crippen molar-refractivity contribution in [2.45, 2.75) is 31.4 Å². The fraction of sp³-hybridized carbons (Fsp3) is 0.889. The molecule has 2 fully saturated rings. The first-order chi connectivity index (χ1) is 6.33. The number of hydrogen-bond donors (Lipinski definition) is 0. The number of nitrogens with zero attached hydrogens (tertiary/aromatic N) is 1. The van der Waals surface area contributed by atoms with E-state index in [1.165, 1.54) is 6.42 Å². The van der Waals surface area contributed by atoms with E-state index >= 15 is 0 Å². The molecule has 0 N–H and O–H groups in total. The zero-order valence-corrected chi connectivity index (χ0v) is 8.29. The molecule has 0 unspecified atom stereocenters. The Kier molecular flexibility index (Phi) is 2.74. The molecule has 1 amide bonds. The summed E-state index contributed by atoms with van der Waals surface area (Å²) in [5.41, 5.74) is 0. The Morgan fingerprint density at radius 2 is 2.38 bits per heavy atom. The molecular formula is C9H14ClNO2. The average Bonchev–Trinajstić information content (AvgIpc) is 2.63. The van der Waals surface area contributed by atoms with Crippen molar-refractivity contribution in [1.82, 2.24) is 4.90 Å². The highest BCUT2D eigenvalue weighted by atomic mass is 35.5. The van der Waals surface area contributed by atoms with Gasteiger partial charge in [0.1, 0.15) is 5.88 Å². The molecule has 13 heavy (non-hydrogen) atoms. The maximum Gasteiger partial charge on any atom is 0.237 e. The maximum atomic E-state index is 11.4. The van der Waals surface area contributed by atoms with Crippen LogP contribution in [-0.2, 0) is 9.53 Å². The van der Waals surface area contributed by atoms with Crippen molar-refractivity contribution in [3.8, 4) is 0 Å². The first kappa shape index (κ1) is 9.28. The zero-order chi connectivity index (χ0) is 9.26. The third-order valence-electron chi connectivity index (χ3n) is 2.92. The molecule has 4 heteroatoms. The third-order valence-corrected chi connectivity index (χ3v) is 3.15. The summed E-state index contributed by atoms with van der Waals surface area (Å²) in [7, 11) is 0. The topological polar surface area (TPSA) is 29.5 Å². The molecule has 0 aromatic rings. The van der Waals surface area contributed by atoms with Crippen LogP contribution in [0.2, 0.25) is 0 Å². The number of alkyl halides is 1. The van der Waals surface area contributed by atoms with Gasteiger partial charge in [-0.15, -0.1) is 11.6 Å². The van der Waals surface area contributed by atoms with Crippen molar-refractivity contribution >= 4 is 17.5 Å². The van der Waals surface area contributed by atoms with Gasteiger partial charge >= 0.3 is 0 Å². The number of amides is 1. The summed E-state index contributed by atoms with van der Waals surface area (Å²) in [4.78, 5) is 13.3. The van der Waals surface area contributed by atoms with Gasteiger partial charge in [-0.1, -0.05) is 0 Å². The molecule has 1 saturated heterocycles. The highest BCUT2D eigenvalue weighted by Crippen LogP contribution is 2.29. The lowest BCUT2D eigenvalue weighted by Gasteiger charge is -2.37. The number of morpholine rings is 1. The van der Waals surface area contributed by atoms with Gasteiger partial charge < -0.3 is 9.64 Å². The van der Waals surface area contributed by atoms with Crippen molar-refractivity contribution < 1.29 is 9.53 Å². The van der Waals surface area contributed by atoms with E-state index in [1.807, 2.05) is 4.90 Å². The highest BCUT2D eigenvalue weighted by molar-refractivity contribution is 6.27. The van der Waals surface area contributed by atoms with Crippen LogP contribution in [0.1, 0.15) is 19.3 Å². The highest BCUT2D eigenvalue weighted by Gasteiger charge is 2.37. The van der Waals surface area contributed by atoms with Crippen LogP contribution >= 0.6 is 11.6 Å². The largest absolute Gasteiger partial charge is 0.374 e. The molecule has 2 rings (SSSR count). The van der Waals surface area contributed by atoms with Crippen LogP contribution in [0.4, 0.5) is 0 Å². The van der Waals surface area contributed by atoms with Gasteiger partial charge in [-0.25, -0.2) is 0 Å². The van der Waals surface area contributed by atoms with Gasteiger partial charge in [-0.05, 0) is 19.3 Å². The fourth-order valence-corrected chi connectivity index (χ4v) is 2.47. The van der Waals surface area contributed by atoms with E-state index < -0.39 is 0 Å². The standard InChI is InChI=1S/C9H14ClNO2/c10-6-9(12)11-4-5-13-8-3-1-2-7(8)11/h7-8H,1-6H2/t7-,8+/m1/s1. The van der Waals surface area contributed by atoms with Crippen LogP contribution in [0.3, 0.4) is 0 Å². The summed E-state index contributed by atoms with van der Waals surface area (Å²) in [6.45, 7) is 1.39. The second-order valence-electron chi connectivity index (χ2n) is 3.63. The van der Waals surface area contributed by atoms with Crippen molar-refractivity contribution in [3.05, 3.63) is 0 Å². The summed E-state index contributed by atoms with van der Waals surface area (Å²) in [6, 6.07) is 0.306. The minimum Gasteiger partial charge on any atom is -0.374 e. The molecule has 2 aliphatic rings. The normalized spacial score (nSPS) is 33.2. The molecule has 0 radical (unpaired) electrons. The molecule has 1 heterocycles. The van der Waals surface area contributed by atoms with E-state index in [4.69, 9.17) is 16.3 Å². The number of carbonyl (C=O) groups is 1. The monoisotopic (exact) mass is 203 g/mol. The summed E-state index contributed by atoms with van der Waals surface area (Å²) >= 11 is 5.54. The van der Waals surface area contributed by atoms with Crippen molar-refractivity contribution in [2.24, 2.45) is 0 Å². The first-order valence-electron chi connectivity index (χ1n) is 4.80. The molecule has 1 aliphatic carbocycles. The molecule has 0 bridgehead atoms. The Morgan fingerprint density at radius 3 is 3.15 bits per heavy atom. The number of rotatable bonds is 1.